The quantitative estimate of drug-likeness (QED) is 0.817. The maximum atomic E-state index is 12.5. The highest BCUT2D eigenvalue weighted by Crippen LogP contribution is 2.13. The molecule has 144 valence electrons. The second kappa shape index (κ2) is 7.65. The fraction of sp³-hybridized carbons (Fsp3) is 0.444. The van der Waals surface area contributed by atoms with E-state index >= 15 is 0 Å². The van der Waals surface area contributed by atoms with Crippen molar-refractivity contribution in [3.8, 4) is 0 Å². The number of H-pyrrole nitrogens is 1. The van der Waals surface area contributed by atoms with Crippen LogP contribution in [0.1, 0.15) is 30.6 Å². The van der Waals surface area contributed by atoms with Crippen LogP contribution in [0, 0.1) is 0 Å². The fourth-order valence-corrected chi connectivity index (χ4v) is 3.21. The topological polar surface area (TPSA) is 114 Å². The van der Waals surface area contributed by atoms with Crippen LogP contribution in [0.4, 0.5) is 4.79 Å². The highest BCUT2D eigenvalue weighted by molar-refractivity contribution is 5.97. The molecule has 0 aliphatic carbocycles. The molecule has 3 rings (SSSR count). The molecular weight excluding hydrogens is 352 g/mol. The fourth-order valence-electron chi connectivity index (χ4n) is 3.21. The number of carbonyl (C=O) groups excluding carboxylic acids is 2. The normalized spacial score (nSPS) is 16.5. The van der Waals surface area contributed by atoms with Crippen LogP contribution in [0.5, 0.6) is 0 Å². The second-order valence-corrected chi connectivity index (χ2v) is 6.34. The van der Waals surface area contributed by atoms with E-state index in [4.69, 9.17) is 4.74 Å². The molecule has 1 aliphatic rings. The molecule has 1 aromatic carbocycles. The SMILES string of the molecule is CCOC(=O)N1CCC(NC(=O)c2ccc3c(=O)n(CC)c(=O)[nH]c3c2)C1. The van der Waals surface area contributed by atoms with Crippen molar-refractivity contribution in [3.05, 3.63) is 44.6 Å². The van der Waals surface area contributed by atoms with Gasteiger partial charge in [0, 0.05) is 31.2 Å². The Balaban J connectivity index is 1.76. The number of hydrogen-bond acceptors (Lipinski definition) is 5. The number of carbonyl (C=O) groups is 2. The smallest absolute Gasteiger partial charge is 0.409 e. The Morgan fingerprint density at radius 1 is 1.30 bits per heavy atom. The number of amides is 2. The first-order valence-electron chi connectivity index (χ1n) is 8.94. The molecule has 9 heteroatoms. The van der Waals surface area contributed by atoms with Gasteiger partial charge in [-0.15, -0.1) is 0 Å². The molecule has 1 unspecified atom stereocenters. The van der Waals surface area contributed by atoms with Crippen LogP contribution in [-0.4, -0.2) is 52.2 Å². The summed E-state index contributed by atoms with van der Waals surface area (Å²) in [6.45, 7) is 4.94. The summed E-state index contributed by atoms with van der Waals surface area (Å²) in [7, 11) is 0. The molecule has 2 amide bonds. The highest BCUT2D eigenvalue weighted by Gasteiger charge is 2.28. The molecule has 0 bridgehead atoms. The zero-order valence-electron chi connectivity index (χ0n) is 15.3. The van der Waals surface area contributed by atoms with Gasteiger partial charge in [0.25, 0.3) is 11.5 Å². The number of aromatic amines is 1. The molecule has 1 atom stereocenters. The first-order valence-corrected chi connectivity index (χ1v) is 8.94. The summed E-state index contributed by atoms with van der Waals surface area (Å²) in [5.74, 6) is -0.326. The van der Waals surface area contributed by atoms with Gasteiger partial charge in [-0.2, -0.15) is 0 Å². The Bertz CT molecular complexity index is 993. The molecule has 0 spiro atoms. The number of ether oxygens (including phenoxy) is 1. The Morgan fingerprint density at radius 2 is 2.07 bits per heavy atom. The molecule has 2 N–H and O–H groups in total. The van der Waals surface area contributed by atoms with E-state index in [-0.39, 0.29) is 30.1 Å². The minimum atomic E-state index is -0.506. The van der Waals surface area contributed by atoms with Crippen LogP contribution in [0.15, 0.2) is 27.8 Å². The van der Waals surface area contributed by atoms with E-state index in [9.17, 15) is 19.2 Å². The standard InChI is InChI=1S/C18H22N4O5/c1-3-22-16(24)13-6-5-11(9-14(13)20-17(22)25)15(23)19-12-7-8-21(10-12)18(26)27-4-2/h5-6,9,12H,3-4,7-8,10H2,1-2H3,(H,19,23)(H,20,25). The summed E-state index contributed by atoms with van der Waals surface area (Å²) in [6.07, 6.45) is 0.251. The predicted molar refractivity (Wildman–Crippen MR) is 99.0 cm³/mol. The van der Waals surface area contributed by atoms with Crippen LogP contribution in [0.25, 0.3) is 10.9 Å². The van der Waals surface area contributed by atoms with Crippen LogP contribution >= 0.6 is 0 Å². The van der Waals surface area contributed by atoms with E-state index in [0.29, 0.717) is 42.6 Å². The van der Waals surface area contributed by atoms with Gasteiger partial charge in [-0.25, -0.2) is 9.59 Å². The lowest BCUT2D eigenvalue weighted by atomic mass is 10.1. The Morgan fingerprint density at radius 3 is 2.78 bits per heavy atom. The molecule has 1 saturated heterocycles. The third kappa shape index (κ3) is 3.71. The summed E-state index contributed by atoms with van der Waals surface area (Å²) >= 11 is 0. The van der Waals surface area contributed by atoms with Crippen molar-refractivity contribution in [2.75, 3.05) is 19.7 Å². The lowest BCUT2D eigenvalue weighted by molar-refractivity contribution is 0.0930. The summed E-state index contributed by atoms with van der Waals surface area (Å²) in [5, 5.41) is 3.22. The lowest BCUT2D eigenvalue weighted by Gasteiger charge is -2.16. The Kier molecular flexibility index (Phi) is 5.29. The minimum absolute atomic E-state index is 0.176. The van der Waals surface area contributed by atoms with Gasteiger partial charge in [-0.3, -0.25) is 14.2 Å². The number of nitrogens with one attached hydrogen (secondary N) is 2. The van der Waals surface area contributed by atoms with Crippen molar-refractivity contribution < 1.29 is 14.3 Å². The number of hydrogen-bond donors (Lipinski definition) is 2. The van der Waals surface area contributed by atoms with Crippen molar-refractivity contribution in [2.45, 2.75) is 32.9 Å². The second-order valence-electron chi connectivity index (χ2n) is 6.34. The van der Waals surface area contributed by atoms with Crippen LogP contribution < -0.4 is 16.6 Å². The highest BCUT2D eigenvalue weighted by atomic mass is 16.6. The molecule has 27 heavy (non-hydrogen) atoms. The van der Waals surface area contributed by atoms with Crippen molar-refractivity contribution in [3.63, 3.8) is 0 Å². The molecule has 1 aromatic heterocycles. The molecule has 0 radical (unpaired) electrons. The average Bonchev–Trinajstić information content (AvgIpc) is 3.10. The van der Waals surface area contributed by atoms with Gasteiger partial charge < -0.3 is 19.9 Å². The molecule has 9 nitrogen and oxygen atoms in total. The van der Waals surface area contributed by atoms with E-state index < -0.39 is 5.69 Å². The summed E-state index contributed by atoms with van der Waals surface area (Å²) in [4.78, 5) is 52.7. The van der Waals surface area contributed by atoms with Gasteiger partial charge in [-0.1, -0.05) is 0 Å². The average molecular weight is 374 g/mol. The van der Waals surface area contributed by atoms with Crippen LogP contribution in [0.3, 0.4) is 0 Å². The first kappa shape index (κ1) is 18.7. The zero-order valence-corrected chi connectivity index (χ0v) is 15.3. The van der Waals surface area contributed by atoms with Gasteiger partial charge >= 0.3 is 11.8 Å². The number of fused-ring (bicyclic) bond motifs is 1. The van der Waals surface area contributed by atoms with Gasteiger partial charge in [0.1, 0.15) is 0 Å². The maximum Gasteiger partial charge on any atom is 0.409 e. The van der Waals surface area contributed by atoms with Crippen molar-refractivity contribution in [1.29, 1.82) is 0 Å². The van der Waals surface area contributed by atoms with Crippen molar-refractivity contribution in [2.24, 2.45) is 0 Å². The molecule has 0 saturated carbocycles. The molecule has 1 aliphatic heterocycles. The van der Waals surface area contributed by atoms with Gasteiger partial charge in [0.05, 0.1) is 17.5 Å². The zero-order chi connectivity index (χ0) is 19.6. The maximum absolute atomic E-state index is 12.5. The summed E-state index contributed by atoms with van der Waals surface area (Å²) in [6, 6.07) is 4.40. The van der Waals surface area contributed by atoms with E-state index in [2.05, 4.69) is 10.3 Å². The number of aromatic nitrogens is 2. The first-order chi connectivity index (χ1) is 12.9. The molecular formula is C18H22N4O5. The van der Waals surface area contributed by atoms with E-state index in [1.807, 2.05) is 0 Å². The van der Waals surface area contributed by atoms with Crippen LogP contribution in [-0.2, 0) is 11.3 Å². The summed E-state index contributed by atoms with van der Waals surface area (Å²) < 4.78 is 6.06. The molecule has 1 fully saturated rings. The predicted octanol–water partition coefficient (Wildman–Crippen LogP) is 0.670. The van der Waals surface area contributed by atoms with E-state index in [1.54, 1.807) is 24.8 Å². The molecule has 2 aromatic rings. The van der Waals surface area contributed by atoms with E-state index in [0.717, 1.165) is 4.57 Å². The van der Waals surface area contributed by atoms with Gasteiger partial charge in [0.15, 0.2) is 0 Å². The third-order valence-corrected chi connectivity index (χ3v) is 4.61. The lowest BCUT2D eigenvalue weighted by Crippen LogP contribution is -2.38. The van der Waals surface area contributed by atoms with E-state index in [1.165, 1.54) is 12.1 Å². The number of nitrogens with zero attached hydrogens (tertiary/aromatic N) is 2. The Hall–Kier alpha value is -3.10. The minimum Gasteiger partial charge on any atom is -0.450 e. The van der Waals surface area contributed by atoms with Gasteiger partial charge in [0.2, 0.25) is 0 Å². The third-order valence-electron chi connectivity index (χ3n) is 4.61. The van der Waals surface area contributed by atoms with Crippen LogP contribution in [0.2, 0.25) is 0 Å². The largest absolute Gasteiger partial charge is 0.450 e. The molecule has 2 heterocycles. The van der Waals surface area contributed by atoms with Crippen molar-refractivity contribution in [1.82, 2.24) is 19.8 Å². The van der Waals surface area contributed by atoms with Gasteiger partial charge in [-0.05, 0) is 38.5 Å². The number of likely N-dealkylation sites (tertiary alicyclic amines) is 1. The number of rotatable bonds is 4. The monoisotopic (exact) mass is 374 g/mol. The number of benzene rings is 1. The summed E-state index contributed by atoms with van der Waals surface area (Å²) in [5.41, 5.74) is -0.235. The van der Waals surface area contributed by atoms with Crippen molar-refractivity contribution >= 4 is 22.9 Å². The Labute approximate surface area is 154 Å².